The number of hydrogen-bond acceptors (Lipinski definition) is 8. The molecule has 0 saturated carbocycles. The van der Waals surface area contributed by atoms with Gasteiger partial charge >= 0.3 is 0 Å². The predicted octanol–water partition coefficient (Wildman–Crippen LogP) is 1.15. The fourth-order valence-corrected chi connectivity index (χ4v) is 1.75. The van der Waals surface area contributed by atoms with E-state index < -0.39 is 0 Å². The van der Waals surface area contributed by atoms with Gasteiger partial charge in [-0.15, -0.1) is 0 Å². The Bertz CT molecular complexity index is 538. The molecule has 25 heavy (non-hydrogen) atoms. The zero-order chi connectivity index (χ0) is 18.3. The Morgan fingerprint density at radius 1 is 1.00 bits per heavy atom. The summed E-state index contributed by atoms with van der Waals surface area (Å²) in [5, 5.41) is 21.8. The van der Waals surface area contributed by atoms with Gasteiger partial charge in [-0.05, 0) is 5.53 Å². The Morgan fingerprint density at radius 2 is 1.52 bits per heavy atom. The molecule has 1 rings (SSSR count). The topological polar surface area (TPSA) is 148 Å². The molecule has 11 nitrogen and oxygen atoms in total. The van der Waals surface area contributed by atoms with Crippen LogP contribution in [0.5, 0.6) is 11.8 Å². The number of ketones is 1. The molecule has 2 N–H and O–H groups in total. The summed E-state index contributed by atoms with van der Waals surface area (Å²) in [6.45, 7) is 2.08. The second-order valence-electron chi connectivity index (χ2n) is 4.77. The molecule has 0 saturated heterocycles. The van der Waals surface area contributed by atoms with Crippen molar-refractivity contribution < 1.29 is 34.1 Å². The zero-order valence-electron chi connectivity index (χ0n) is 13.7. The van der Waals surface area contributed by atoms with E-state index in [0.717, 1.165) is 4.57 Å². The van der Waals surface area contributed by atoms with E-state index in [1.165, 1.54) is 12.1 Å². The number of ether oxygens (including phenoxy) is 3. The molecular formula is C14H22N4O7. The van der Waals surface area contributed by atoms with Crippen molar-refractivity contribution in [3.8, 4) is 11.8 Å². The third-order valence-electron chi connectivity index (χ3n) is 2.95. The van der Waals surface area contributed by atoms with Crippen molar-refractivity contribution in [3.63, 3.8) is 0 Å². The summed E-state index contributed by atoms with van der Waals surface area (Å²) in [5.41, 5.74) is 7.96. The predicted molar refractivity (Wildman–Crippen MR) is 84.9 cm³/mol. The van der Waals surface area contributed by atoms with Crippen molar-refractivity contribution in [2.24, 2.45) is 5.28 Å². The third kappa shape index (κ3) is 9.42. The van der Waals surface area contributed by atoms with Crippen LogP contribution in [-0.4, -0.2) is 66.8 Å². The van der Waals surface area contributed by atoms with Gasteiger partial charge < -0.3 is 29.3 Å². The maximum atomic E-state index is 11.7. The van der Waals surface area contributed by atoms with Crippen LogP contribution in [0.15, 0.2) is 17.4 Å². The van der Waals surface area contributed by atoms with Gasteiger partial charge in [-0.25, -0.2) is 0 Å². The Morgan fingerprint density at radius 3 is 2.08 bits per heavy atom. The molecule has 0 aromatic carbocycles. The summed E-state index contributed by atoms with van der Waals surface area (Å²) < 4.78 is 16.8. The van der Waals surface area contributed by atoms with Crippen LogP contribution in [0.2, 0.25) is 0 Å². The van der Waals surface area contributed by atoms with Crippen molar-refractivity contribution >= 4 is 5.78 Å². The zero-order valence-corrected chi connectivity index (χ0v) is 13.7. The molecule has 0 aliphatic carbocycles. The highest BCUT2D eigenvalue weighted by Crippen LogP contribution is 2.20. The minimum absolute atomic E-state index is 0.106. The van der Waals surface area contributed by atoms with Gasteiger partial charge in [-0.2, -0.15) is 0 Å². The normalized spacial score (nSPS) is 10.4. The Labute approximate surface area is 144 Å². The van der Waals surface area contributed by atoms with E-state index in [9.17, 15) is 15.0 Å². The first-order valence-electron chi connectivity index (χ1n) is 7.64. The Hall–Kier alpha value is -2.46. The van der Waals surface area contributed by atoms with Gasteiger partial charge in [0.2, 0.25) is 0 Å². The van der Waals surface area contributed by atoms with E-state index in [2.05, 4.69) is 15.0 Å². The van der Waals surface area contributed by atoms with E-state index in [4.69, 9.17) is 19.7 Å². The van der Waals surface area contributed by atoms with Gasteiger partial charge in [-0.1, -0.05) is 0 Å². The number of rotatable bonds is 15. The SMILES string of the molecule is [N-]=[N+]=NOCCOCCOCCOCCC(=O)Cn1c(O)ccc1O. The number of Topliss-reactive ketones (excluding diaryl/α,β-unsaturated/α-hetero) is 1. The molecule has 0 aliphatic rings. The molecule has 0 atom stereocenters. The Kier molecular flexibility index (Phi) is 10.6. The van der Waals surface area contributed by atoms with Crippen LogP contribution in [0.1, 0.15) is 6.42 Å². The second-order valence-corrected chi connectivity index (χ2v) is 4.77. The van der Waals surface area contributed by atoms with E-state index in [1.54, 1.807) is 0 Å². The molecule has 0 bridgehead atoms. The molecule has 1 aromatic rings. The monoisotopic (exact) mass is 358 g/mol. The summed E-state index contributed by atoms with van der Waals surface area (Å²) in [6, 6.07) is 2.63. The van der Waals surface area contributed by atoms with Crippen molar-refractivity contribution in [1.29, 1.82) is 0 Å². The van der Waals surface area contributed by atoms with Gasteiger partial charge in [-0.3, -0.25) is 9.36 Å². The molecule has 0 aliphatic heterocycles. The fraction of sp³-hybridized carbons (Fsp3) is 0.643. The van der Waals surface area contributed by atoms with Crippen molar-refractivity contribution in [2.45, 2.75) is 13.0 Å². The number of carbonyl (C=O) groups is 1. The average molecular weight is 358 g/mol. The maximum Gasteiger partial charge on any atom is 0.194 e. The molecule has 1 heterocycles. The van der Waals surface area contributed by atoms with E-state index in [-0.39, 0.29) is 43.7 Å². The lowest BCUT2D eigenvalue weighted by Crippen LogP contribution is -2.14. The van der Waals surface area contributed by atoms with Crippen LogP contribution in [-0.2, 0) is 30.4 Å². The summed E-state index contributed by atoms with van der Waals surface area (Å²) in [6.07, 6.45) is 0.172. The highest BCUT2D eigenvalue weighted by molar-refractivity contribution is 5.78. The van der Waals surface area contributed by atoms with Crippen molar-refractivity contribution in [3.05, 3.63) is 22.6 Å². The minimum atomic E-state index is -0.168. The highest BCUT2D eigenvalue weighted by atomic mass is 16.7. The summed E-state index contributed by atoms with van der Waals surface area (Å²) in [5.74, 6) is -0.488. The summed E-state index contributed by atoms with van der Waals surface area (Å²) >= 11 is 0. The van der Waals surface area contributed by atoms with E-state index >= 15 is 0 Å². The molecule has 0 amide bonds. The summed E-state index contributed by atoms with van der Waals surface area (Å²) in [7, 11) is 0. The highest BCUT2D eigenvalue weighted by Gasteiger charge is 2.10. The third-order valence-corrected chi connectivity index (χ3v) is 2.95. The molecule has 0 radical (unpaired) electrons. The van der Waals surface area contributed by atoms with Crippen molar-refractivity contribution in [2.75, 3.05) is 46.2 Å². The van der Waals surface area contributed by atoms with Crippen LogP contribution >= 0.6 is 0 Å². The van der Waals surface area contributed by atoms with E-state index in [1.807, 2.05) is 0 Å². The second kappa shape index (κ2) is 12.9. The first kappa shape index (κ1) is 20.6. The molecule has 0 unspecified atom stereocenters. The molecular weight excluding hydrogens is 336 g/mol. The smallest absolute Gasteiger partial charge is 0.194 e. The molecule has 0 fully saturated rings. The average Bonchev–Trinajstić information content (AvgIpc) is 2.91. The first-order valence-corrected chi connectivity index (χ1v) is 7.64. The largest absolute Gasteiger partial charge is 0.494 e. The van der Waals surface area contributed by atoms with Crippen LogP contribution < -0.4 is 0 Å². The quantitative estimate of drug-likeness (QED) is 0.157. The van der Waals surface area contributed by atoms with Crippen LogP contribution in [0.4, 0.5) is 0 Å². The Balaban J connectivity index is 1.90. The van der Waals surface area contributed by atoms with Gasteiger partial charge in [0.05, 0.1) is 46.2 Å². The summed E-state index contributed by atoms with van der Waals surface area (Å²) in [4.78, 5) is 18.6. The van der Waals surface area contributed by atoms with Crippen LogP contribution in [0.3, 0.4) is 0 Å². The minimum Gasteiger partial charge on any atom is -0.494 e. The number of aromatic nitrogens is 1. The maximum absolute atomic E-state index is 11.7. The van der Waals surface area contributed by atoms with Crippen LogP contribution in [0, 0.1) is 0 Å². The standard InChI is InChI=1S/C14H22N4O7/c15-16-17-25-10-9-24-8-7-23-6-5-22-4-3-12(19)11-18-13(20)1-2-14(18)21/h1-2,20-21H,3-11H2. The lowest BCUT2D eigenvalue weighted by atomic mass is 10.3. The number of hydrogen-bond donors (Lipinski definition) is 2. The van der Waals surface area contributed by atoms with Gasteiger partial charge in [0.25, 0.3) is 0 Å². The molecule has 140 valence electrons. The van der Waals surface area contributed by atoms with Crippen molar-refractivity contribution in [1.82, 2.24) is 4.57 Å². The molecule has 1 aromatic heterocycles. The van der Waals surface area contributed by atoms with Gasteiger partial charge in [0.15, 0.2) is 17.5 Å². The number of aromatic hydroxyl groups is 2. The molecule has 11 heteroatoms. The van der Waals surface area contributed by atoms with Gasteiger partial charge in [0, 0.05) is 23.5 Å². The lowest BCUT2D eigenvalue weighted by Gasteiger charge is -2.07. The first-order chi connectivity index (χ1) is 12.1. The molecule has 0 spiro atoms. The number of azide groups is 1. The van der Waals surface area contributed by atoms with Gasteiger partial charge in [0.1, 0.15) is 11.9 Å². The number of nitrogens with zero attached hydrogens (tertiary/aromatic N) is 4. The number of carbonyl (C=O) groups excluding carboxylic acids is 1. The fourth-order valence-electron chi connectivity index (χ4n) is 1.75. The van der Waals surface area contributed by atoms with E-state index in [0.29, 0.717) is 33.0 Å². The lowest BCUT2D eigenvalue weighted by molar-refractivity contribution is -0.121. The van der Waals surface area contributed by atoms with Crippen LogP contribution in [0.25, 0.3) is 10.4 Å².